The van der Waals surface area contributed by atoms with E-state index in [1.165, 1.54) is 18.2 Å². The van der Waals surface area contributed by atoms with Crippen LogP contribution >= 0.6 is 11.8 Å². The Morgan fingerprint density at radius 2 is 1.89 bits per heavy atom. The van der Waals surface area contributed by atoms with E-state index >= 15 is 0 Å². The van der Waals surface area contributed by atoms with Crippen molar-refractivity contribution < 1.29 is 14.1 Å². The maximum Gasteiger partial charge on any atom is 0.283 e. The maximum atomic E-state index is 13.0. The Labute approximate surface area is 112 Å². The van der Waals surface area contributed by atoms with Crippen LogP contribution in [0.3, 0.4) is 0 Å². The minimum atomic E-state index is -0.519. The summed E-state index contributed by atoms with van der Waals surface area (Å²) < 4.78 is 13.0. The molecule has 0 aliphatic rings. The quantitative estimate of drug-likeness (QED) is 0.485. The first-order valence-electron chi connectivity index (χ1n) is 5.28. The molecule has 0 aliphatic carbocycles. The number of benzene rings is 2. The first-order valence-corrected chi connectivity index (χ1v) is 6.09. The van der Waals surface area contributed by atoms with Crippen LogP contribution in [0.15, 0.2) is 52.3 Å². The first kappa shape index (κ1) is 13.2. The highest BCUT2D eigenvalue weighted by molar-refractivity contribution is 7.99. The minimum Gasteiger partial charge on any atom is -0.298 e. The van der Waals surface area contributed by atoms with Gasteiger partial charge >= 0.3 is 0 Å². The lowest BCUT2D eigenvalue weighted by Gasteiger charge is -2.05. The molecule has 0 amide bonds. The van der Waals surface area contributed by atoms with Gasteiger partial charge in [-0.1, -0.05) is 23.9 Å². The molecule has 0 radical (unpaired) electrons. The van der Waals surface area contributed by atoms with Crippen molar-refractivity contribution in [1.29, 1.82) is 0 Å². The Morgan fingerprint density at radius 3 is 2.58 bits per heavy atom. The van der Waals surface area contributed by atoms with Gasteiger partial charge in [-0.25, -0.2) is 4.39 Å². The number of nitrogens with zero attached hydrogens (tertiary/aromatic N) is 1. The van der Waals surface area contributed by atoms with Gasteiger partial charge in [-0.2, -0.15) is 0 Å². The third kappa shape index (κ3) is 2.97. The van der Waals surface area contributed by atoms with Crippen molar-refractivity contribution in [3.63, 3.8) is 0 Å². The Kier molecular flexibility index (Phi) is 3.91. The van der Waals surface area contributed by atoms with Crippen molar-refractivity contribution >= 4 is 23.7 Å². The summed E-state index contributed by atoms with van der Waals surface area (Å²) in [5.41, 5.74) is 0.122. The number of aldehydes is 1. The van der Waals surface area contributed by atoms with Crippen LogP contribution < -0.4 is 0 Å². The van der Waals surface area contributed by atoms with Gasteiger partial charge < -0.3 is 0 Å². The van der Waals surface area contributed by atoms with Crippen molar-refractivity contribution in [2.24, 2.45) is 0 Å². The number of carbonyl (C=O) groups is 1. The molecule has 2 aromatic rings. The van der Waals surface area contributed by atoms with Crippen molar-refractivity contribution in [3.05, 3.63) is 64.0 Å². The van der Waals surface area contributed by atoms with E-state index in [-0.39, 0.29) is 11.3 Å². The van der Waals surface area contributed by atoms with E-state index in [1.54, 1.807) is 18.2 Å². The summed E-state index contributed by atoms with van der Waals surface area (Å²) >= 11 is 1.06. The normalized spacial score (nSPS) is 10.2. The smallest absolute Gasteiger partial charge is 0.283 e. The Hall–Kier alpha value is -2.21. The number of nitro benzene ring substituents is 1. The molecule has 0 heterocycles. The zero-order valence-electron chi connectivity index (χ0n) is 9.58. The number of hydrogen-bond acceptors (Lipinski definition) is 4. The lowest BCUT2D eigenvalue weighted by molar-refractivity contribution is -0.387. The number of hydrogen-bond donors (Lipinski definition) is 0. The number of halogens is 1. The molecule has 2 rings (SSSR count). The highest BCUT2D eigenvalue weighted by Gasteiger charge is 2.15. The van der Waals surface area contributed by atoms with Crippen molar-refractivity contribution in [2.75, 3.05) is 0 Å². The molecule has 0 unspecified atom stereocenters. The van der Waals surface area contributed by atoms with Crippen LogP contribution in [-0.4, -0.2) is 11.2 Å². The molecule has 0 aromatic heterocycles. The Bertz CT molecular complexity index is 646. The minimum absolute atomic E-state index is 0.0475. The average molecular weight is 277 g/mol. The van der Waals surface area contributed by atoms with Gasteiger partial charge in [-0.05, 0) is 24.3 Å². The molecular formula is C13H8FNO3S. The molecule has 0 saturated heterocycles. The fraction of sp³-hybridized carbons (Fsp3) is 0. The van der Waals surface area contributed by atoms with E-state index < -0.39 is 10.7 Å². The molecule has 0 N–H and O–H groups in total. The number of nitro groups is 1. The molecule has 0 atom stereocenters. The van der Waals surface area contributed by atoms with E-state index in [0.29, 0.717) is 16.1 Å². The summed E-state index contributed by atoms with van der Waals surface area (Å²) in [7, 11) is 0. The molecule has 0 fully saturated rings. The van der Waals surface area contributed by atoms with Gasteiger partial charge in [0.15, 0.2) is 6.29 Å². The van der Waals surface area contributed by atoms with Crippen LogP contribution in [0.5, 0.6) is 0 Å². The van der Waals surface area contributed by atoms with Crippen molar-refractivity contribution in [3.8, 4) is 0 Å². The highest BCUT2D eigenvalue weighted by Crippen LogP contribution is 2.35. The second kappa shape index (κ2) is 5.62. The first-order chi connectivity index (χ1) is 9.11. The number of carbonyl (C=O) groups excluding carboxylic acids is 1. The molecule has 0 bridgehead atoms. The van der Waals surface area contributed by atoms with E-state index in [1.807, 2.05) is 0 Å². The van der Waals surface area contributed by atoms with E-state index in [9.17, 15) is 19.3 Å². The summed E-state index contributed by atoms with van der Waals surface area (Å²) in [6, 6.07) is 9.94. The average Bonchev–Trinajstić information content (AvgIpc) is 2.41. The maximum absolute atomic E-state index is 13.0. The molecule has 0 aliphatic heterocycles. The van der Waals surface area contributed by atoms with Gasteiger partial charge in [-0.15, -0.1) is 0 Å². The monoisotopic (exact) mass is 277 g/mol. The van der Waals surface area contributed by atoms with Gasteiger partial charge in [0.2, 0.25) is 0 Å². The molecule has 96 valence electrons. The van der Waals surface area contributed by atoms with Gasteiger partial charge in [0.1, 0.15) is 5.82 Å². The molecule has 4 nitrogen and oxygen atoms in total. The lowest BCUT2D eigenvalue weighted by Crippen LogP contribution is -1.92. The molecule has 2 aromatic carbocycles. The van der Waals surface area contributed by atoms with E-state index in [4.69, 9.17) is 0 Å². The predicted octanol–water partition coefficient (Wildman–Crippen LogP) is 3.70. The van der Waals surface area contributed by atoms with Gasteiger partial charge in [0.25, 0.3) is 5.69 Å². The third-order valence-corrected chi connectivity index (χ3v) is 3.54. The molecule has 6 heteroatoms. The molecular weight excluding hydrogens is 269 g/mol. The third-order valence-electron chi connectivity index (χ3n) is 2.38. The summed E-state index contributed by atoms with van der Waals surface area (Å²) in [6.07, 6.45) is 0.528. The Morgan fingerprint density at radius 1 is 1.16 bits per heavy atom. The zero-order chi connectivity index (χ0) is 13.8. The standard InChI is InChI=1S/C13H8FNO3S/c14-10-5-6-12(9(7-10)8-16)19-13-4-2-1-3-11(13)15(17)18/h1-8H. The van der Waals surface area contributed by atoms with Crippen LogP contribution in [0.2, 0.25) is 0 Å². The highest BCUT2D eigenvalue weighted by atomic mass is 32.2. The fourth-order valence-corrected chi connectivity index (χ4v) is 2.51. The largest absolute Gasteiger partial charge is 0.298 e. The molecule has 0 spiro atoms. The summed E-state index contributed by atoms with van der Waals surface area (Å²) in [5, 5.41) is 10.9. The van der Waals surface area contributed by atoms with Crippen molar-refractivity contribution in [1.82, 2.24) is 0 Å². The molecule has 19 heavy (non-hydrogen) atoms. The van der Waals surface area contributed by atoms with Gasteiger partial charge in [0.05, 0.1) is 9.82 Å². The molecule has 0 saturated carbocycles. The fourth-order valence-electron chi connectivity index (χ4n) is 1.52. The lowest BCUT2D eigenvalue weighted by atomic mass is 10.2. The van der Waals surface area contributed by atoms with Crippen LogP contribution in [0.1, 0.15) is 10.4 Å². The van der Waals surface area contributed by atoms with E-state index in [2.05, 4.69) is 0 Å². The van der Waals surface area contributed by atoms with Crippen molar-refractivity contribution in [2.45, 2.75) is 9.79 Å². The summed E-state index contributed by atoms with van der Waals surface area (Å²) in [6.45, 7) is 0. The summed E-state index contributed by atoms with van der Waals surface area (Å²) in [5.74, 6) is -0.519. The Balaban J connectivity index is 2.42. The van der Waals surface area contributed by atoms with Gasteiger partial charge in [0, 0.05) is 16.5 Å². The second-order valence-corrected chi connectivity index (χ2v) is 4.71. The van der Waals surface area contributed by atoms with Crippen LogP contribution in [0.25, 0.3) is 0 Å². The number of rotatable bonds is 4. The van der Waals surface area contributed by atoms with Gasteiger partial charge in [-0.3, -0.25) is 14.9 Å². The van der Waals surface area contributed by atoms with Crippen LogP contribution in [0.4, 0.5) is 10.1 Å². The second-order valence-electron chi connectivity index (χ2n) is 3.63. The van der Waals surface area contributed by atoms with E-state index in [0.717, 1.165) is 17.8 Å². The van der Waals surface area contributed by atoms with Crippen LogP contribution in [0, 0.1) is 15.9 Å². The van der Waals surface area contributed by atoms with Crippen LogP contribution in [-0.2, 0) is 0 Å². The topological polar surface area (TPSA) is 60.2 Å². The number of para-hydroxylation sites is 1. The predicted molar refractivity (Wildman–Crippen MR) is 69.0 cm³/mol. The summed E-state index contributed by atoms with van der Waals surface area (Å²) in [4.78, 5) is 22.1. The zero-order valence-corrected chi connectivity index (χ0v) is 10.4. The SMILES string of the molecule is O=Cc1cc(F)ccc1Sc1ccccc1[N+](=O)[O-].